The fourth-order valence-electron chi connectivity index (χ4n) is 4.22. The van der Waals surface area contributed by atoms with Crippen LogP contribution in [0.2, 0.25) is 0 Å². The van der Waals surface area contributed by atoms with Crippen molar-refractivity contribution in [2.45, 2.75) is 19.5 Å². The van der Waals surface area contributed by atoms with E-state index in [4.69, 9.17) is 5.26 Å². The van der Waals surface area contributed by atoms with E-state index in [-0.39, 0.29) is 11.9 Å². The maximum Gasteiger partial charge on any atom is 0.282 e. The van der Waals surface area contributed by atoms with E-state index in [2.05, 4.69) is 23.5 Å². The fourth-order valence-corrected chi connectivity index (χ4v) is 4.22. The zero-order valence-electron chi connectivity index (χ0n) is 17.3. The number of carbonyl (C=O) groups excluding carboxylic acids is 1. The molecule has 3 aromatic rings. The van der Waals surface area contributed by atoms with Gasteiger partial charge in [-0.05, 0) is 42.0 Å². The van der Waals surface area contributed by atoms with Gasteiger partial charge in [-0.3, -0.25) is 4.79 Å². The van der Waals surface area contributed by atoms with Crippen molar-refractivity contribution in [2.75, 3.05) is 31.5 Å². The minimum absolute atomic E-state index is 0.0760. The molecule has 0 unspecified atom stereocenters. The van der Waals surface area contributed by atoms with Crippen LogP contribution in [0.1, 0.15) is 18.1 Å². The van der Waals surface area contributed by atoms with Crippen LogP contribution in [0.25, 0.3) is 10.8 Å². The van der Waals surface area contributed by atoms with E-state index in [1.54, 1.807) is 0 Å². The van der Waals surface area contributed by atoms with Crippen LogP contribution in [-0.2, 0) is 11.3 Å². The Balaban J connectivity index is 1.30. The van der Waals surface area contributed by atoms with Gasteiger partial charge >= 0.3 is 0 Å². The van der Waals surface area contributed by atoms with Crippen LogP contribution in [0.3, 0.4) is 0 Å². The molecule has 1 heterocycles. The van der Waals surface area contributed by atoms with Gasteiger partial charge in [0.05, 0.1) is 11.6 Å². The molecular formula is C25H28N4O+2. The number of benzene rings is 3. The van der Waals surface area contributed by atoms with Gasteiger partial charge in [-0.25, -0.2) is 0 Å². The Morgan fingerprint density at radius 3 is 2.40 bits per heavy atom. The molecule has 0 aliphatic carbocycles. The van der Waals surface area contributed by atoms with Crippen molar-refractivity contribution >= 4 is 22.4 Å². The average molecular weight is 401 g/mol. The van der Waals surface area contributed by atoms with E-state index >= 15 is 0 Å². The lowest BCUT2D eigenvalue weighted by atomic mass is 10.1. The normalized spacial score (nSPS) is 19.7. The van der Waals surface area contributed by atoms with Crippen LogP contribution >= 0.6 is 0 Å². The summed E-state index contributed by atoms with van der Waals surface area (Å²) < 4.78 is 0. The lowest BCUT2D eigenvalue weighted by molar-refractivity contribution is -1.02. The smallest absolute Gasteiger partial charge is 0.282 e. The predicted octanol–water partition coefficient (Wildman–Crippen LogP) is 1.02. The van der Waals surface area contributed by atoms with Crippen LogP contribution < -0.4 is 15.1 Å². The van der Waals surface area contributed by atoms with E-state index < -0.39 is 0 Å². The Bertz CT molecular complexity index is 1060. The zero-order valence-corrected chi connectivity index (χ0v) is 17.3. The number of carbonyl (C=O) groups is 1. The SMILES string of the molecule is C[C@H](C(=O)Nc1ccc2ccccc2c1)[NH+]1CC[NH+](Cc2ccc(C#N)cc2)CC1. The molecule has 152 valence electrons. The number of nitrogens with one attached hydrogen (secondary N) is 3. The third-order valence-corrected chi connectivity index (χ3v) is 6.16. The maximum atomic E-state index is 12.8. The molecule has 1 amide bonds. The quantitative estimate of drug-likeness (QED) is 0.599. The molecule has 0 aromatic heterocycles. The molecule has 5 nitrogen and oxygen atoms in total. The molecule has 5 heteroatoms. The molecule has 3 aromatic carbocycles. The number of anilines is 1. The summed E-state index contributed by atoms with van der Waals surface area (Å²) >= 11 is 0. The van der Waals surface area contributed by atoms with Gasteiger partial charge in [-0.15, -0.1) is 0 Å². The van der Waals surface area contributed by atoms with Gasteiger partial charge in [0.1, 0.15) is 32.7 Å². The minimum Gasteiger partial charge on any atom is -0.322 e. The van der Waals surface area contributed by atoms with Crippen LogP contribution in [0.4, 0.5) is 5.69 Å². The monoisotopic (exact) mass is 400 g/mol. The molecule has 4 rings (SSSR count). The van der Waals surface area contributed by atoms with Crippen molar-refractivity contribution < 1.29 is 14.6 Å². The summed E-state index contributed by atoms with van der Waals surface area (Å²) in [5.41, 5.74) is 2.82. The van der Waals surface area contributed by atoms with Crippen molar-refractivity contribution in [3.05, 3.63) is 77.9 Å². The second-order valence-electron chi connectivity index (χ2n) is 8.17. The third kappa shape index (κ3) is 4.68. The number of quaternary nitrogens is 2. The van der Waals surface area contributed by atoms with Crippen molar-refractivity contribution in [3.63, 3.8) is 0 Å². The Hall–Kier alpha value is -3.20. The molecule has 0 spiro atoms. The summed E-state index contributed by atoms with van der Waals surface area (Å²) in [5, 5.41) is 14.3. The van der Waals surface area contributed by atoms with E-state index in [0.29, 0.717) is 5.56 Å². The number of nitriles is 1. The van der Waals surface area contributed by atoms with Crippen LogP contribution in [0.5, 0.6) is 0 Å². The Kier molecular flexibility index (Phi) is 6.08. The molecular weight excluding hydrogens is 372 g/mol. The van der Waals surface area contributed by atoms with Gasteiger partial charge < -0.3 is 15.1 Å². The highest BCUT2D eigenvalue weighted by Gasteiger charge is 2.31. The molecule has 1 aliphatic rings. The first kappa shape index (κ1) is 20.1. The number of piperazine rings is 1. The van der Waals surface area contributed by atoms with E-state index in [9.17, 15) is 4.79 Å². The standard InChI is InChI=1S/C25H26N4O/c1-19(25(30)27-24-11-10-22-4-2-3-5-23(22)16-24)29-14-12-28(13-15-29)18-21-8-6-20(17-26)7-9-21/h2-11,16,19H,12-15,18H2,1H3,(H,27,30)/p+2/t19-/m1/s1. The number of fused-ring (bicyclic) bond motifs is 1. The summed E-state index contributed by atoms with van der Waals surface area (Å²) in [7, 11) is 0. The first-order chi connectivity index (χ1) is 14.6. The van der Waals surface area contributed by atoms with Gasteiger partial charge in [-0.1, -0.05) is 42.5 Å². The molecule has 1 saturated heterocycles. The fraction of sp³-hybridized carbons (Fsp3) is 0.280. The van der Waals surface area contributed by atoms with Gasteiger partial charge in [0, 0.05) is 11.3 Å². The van der Waals surface area contributed by atoms with Gasteiger partial charge in [-0.2, -0.15) is 5.26 Å². The first-order valence-electron chi connectivity index (χ1n) is 10.6. The molecule has 1 aliphatic heterocycles. The van der Waals surface area contributed by atoms with Gasteiger partial charge in [0.2, 0.25) is 0 Å². The van der Waals surface area contributed by atoms with Crippen LogP contribution in [0.15, 0.2) is 66.7 Å². The lowest BCUT2D eigenvalue weighted by Crippen LogP contribution is -3.29. The maximum absolute atomic E-state index is 12.8. The Morgan fingerprint density at radius 1 is 1.00 bits per heavy atom. The summed E-state index contributed by atoms with van der Waals surface area (Å²) in [5.74, 6) is 0.0795. The molecule has 30 heavy (non-hydrogen) atoms. The Labute approximate surface area is 177 Å². The summed E-state index contributed by atoms with van der Waals surface area (Å²) in [6.45, 7) is 7.05. The lowest BCUT2D eigenvalue weighted by Gasteiger charge is -2.32. The number of amides is 1. The summed E-state index contributed by atoms with van der Waals surface area (Å²) in [6.07, 6.45) is 0. The molecule has 1 atom stereocenters. The van der Waals surface area contributed by atoms with Crippen molar-refractivity contribution in [1.29, 1.82) is 5.26 Å². The average Bonchev–Trinajstić information content (AvgIpc) is 2.79. The van der Waals surface area contributed by atoms with Crippen molar-refractivity contribution in [2.24, 2.45) is 0 Å². The summed E-state index contributed by atoms with van der Waals surface area (Å²) in [4.78, 5) is 15.7. The van der Waals surface area contributed by atoms with E-state index in [1.165, 1.54) is 20.7 Å². The second-order valence-corrected chi connectivity index (χ2v) is 8.17. The van der Waals surface area contributed by atoms with Gasteiger partial charge in [0.25, 0.3) is 5.91 Å². The largest absolute Gasteiger partial charge is 0.322 e. The third-order valence-electron chi connectivity index (χ3n) is 6.16. The van der Waals surface area contributed by atoms with E-state index in [0.717, 1.165) is 43.8 Å². The van der Waals surface area contributed by atoms with Crippen LogP contribution in [0, 0.1) is 11.3 Å². The van der Waals surface area contributed by atoms with Crippen LogP contribution in [-0.4, -0.2) is 38.1 Å². The zero-order chi connectivity index (χ0) is 20.9. The van der Waals surface area contributed by atoms with Gasteiger partial charge in [0.15, 0.2) is 6.04 Å². The molecule has 3 N–H and O–H groups in total. The number of rotatable bonds is 5. The molecule has 0 radical (unpaired) electrons. The highest BCUT2D eigenvalue weighted by atomic mass is 16.2. The van der Waals surface area contributed by atoms with Crippen molar-refractivity contribution in [3.8, 4) is 6.07 Å². The highest BCUT2D eigenvalue weighted by Crippen LogP contribution is 2.18. The molecule has 1 fully saturated rings. The first-order valence-corrected chi connectivity index (χ1v) is 10.6. The minimum atomic E-state index is -0.0760. The molecule has 0 bridgehead atoms. The number of nitrogens with zero attached hydrogens (tertiary/aromatic N) is 1. The summed E-state index contributed by atoms with van der Waals surface area (Å²) in [6, 6.07) is 24.2. The predicted molar refractivity (Wildman–Crippen MR) is 118 cm³/mol. The number of hydrogen-bond donors (Lipinski definition) is 3. The second kappa shape index (κ2) is 9.08. The Morgan fingerprint density at radius 2 is 1.70 bits per heavy atom. The highest BCUT2D eigenvalue weighted by molar-refractivity contribution is 5.96. The van der Waals surface area contributed by atoms with Crippen molar-refractivity contribution in [1.82, 2.24) is 0 Å². The van der Waals surface area contributed by atoms with E-state index in [1.807, 2.05) is 61.5 Å². The number of hydrogen-bond acceptors (Lipinski definition) is 2. The topological polar surface area (TPSA) is 61.8 Å². The molecule has 0 saturated carbocycles.